The number of nitrogens with one attached hydrogen (secondary N) is 3. The number of halogens is 3. The fourth-order valence-electron chi connectivity index (χ4n) is 3.58. The van der Waals surface area contributed by atoms with Crippen LogP contribution in [0.4, 0.5) is 23.7 Å². The van der Waals surface area contributed by atoms with E-state index in [1.165, 1.54) is 42.7 Å². The SMILES string of the molecule is O=C(NCc1ccn(-c2cc3cc(C(=O)[O-])c(=O)[nH]c3cc2C(F)(F)F)c1)Nc1ccc(C(=O)O)cc1. The number of urea groups is 1. The monoisotopic (exact) mass is 513 g/mol. The summed E-state index contributed by atoms with van der Waals surface area (Å²) >= 11 is 0. The van der Waals surface area contributed by atoms with Gasteiger partial charge in [-0.25, -0.2) is 9.59 Å². The number of hydrogen-bond acceptors (Lipinski definition) is 5. The molecule has 190 valence electrons. The van der Waals surface area contributed by atoms with Gasteiger partial charge in [0, 0.05) is 35.5 Å². The van der Waals surface area contributed by atoms with Crippen molar-refractivity contribution in [2.24, 2.45) is 0 Å². The predicted octanol–water partition coefficient (Wildman–Crippen LogP) is 2.72. The van der Waals surface area contributed by atoms with Crippen molar-refractivity contribution >= 4 is 34.6 Å². The van der Waals surface area contributed by atoms with Gasteiger partial charge in [-0.1, -0.05) is 0 Å². The summed E-state index contributed by atoms with van der Waals surface area (Å²) in [4.78, 5) is 48.2. The van der Waals surface area contributed by atoms with Gasteiger partial charge >= 0.3 is 18.2 Å². The molecule has 2 amide bonds. The van der Waals surface area contributed by atoms with E-state index >= 15 is 0 Å². The quantitative estimate of drug-likeness (QED) is 0.311. The molecule has 0 atom stereocenters. The highest BCUT2D eigenvalue weighted by Crippen LogP contribution is 2.36. The molecule has 2 aromatic carbocycles. The van der Waals surface area contributed by atoms with Crippen molar-refractivity contribution in [2.75, 3.05) is 5.32 Å². The summed E-state index contributed by atoms with van der Waals surface area (Å²) in [5.74, 6) is -2.89. The number of aromatic nitrogens is 2. The van der Waals surface area contributed by atoms with E-state index in [1.54, 1.807) is 0 Å². The van der Waals surface area contributed by atoms with Gasteiger partial charge in [0.15, 0.2) is 0 Å². The van der Waals surface area contributed by atoms with Gasteiger partial charge in [0.25, 0.3) is 5.56 Å². The van der Waals surface area contributed by atoms with E-state index in [2.05, 4.69) is 15.6 Å². The molecular formula is C24H16F3N4O6-. The van der Waals surface area contributed by atoms with E-state index in [4.69, 9.17) is 5.11 Å². The molecule has 0 spiro atoms. The number of carbonyl (C=O) groups excluding carboxylic acids is 2. The zero-order valence-corrected chi connectivity index (χ0v) is 18.6. The zero-order chi connectivity index (χ0) is 26.9. The minimum atomic E-state index is -4.80. The van der Waals surface area contributed by atoms with E-state index in [-0.39, 0.29) is 28.7 Å². The smallest absolute Gasteiger partial charge is 0.418 e. The van der Waals surface area contributed by atoms with Crippen LogP contribution in [0.3, 0.4) is 0 Å². The van der Waals surface area contributed by atoms with Crippen LogP contribution < -0.4 is 21.3 Å². The molecule has 0 aliphatic heterocycles. The number of carbonyl (C=O) groups is 3. The lowest BCUT2D eigenvalue weighted by Crippen LogP contribution is -2.29. The first-order valence-corrected chi connectivity index (χ1v) is 10.5. The largest absolute Gasteiger partial charge is 0.545 e. The van der Waals surface area contributed by atoms with E-state index < -0.39 is 40.8 Å². The number of pyridine rings is 1. The Morgan fingerprint density at radius 2 is 1.76 bits per heavy atom. The Morgan fingerprint density at radius 3 is 2.38 bits per heavy atom. The highest BCUT2D eigenvalue weighted by atomic mass is 19.4. The molecule has 10 nitrogen and oxygen atoms in total. The summed E-state index contributed by atoms with van der Waals surface area (Å²) < 4.78 is 42.6. The first-order chi connectivity index (χ1) is 17.4. The van der Waals surface area contributed by atoms with Crippen molar-refractivity contribution in [1.82, 2.24) is 14.9 Å². The molecular weight excluding hydrogens is 497 g/mol. The molecule has 0 aliphatic rings. The van der Waals surface area contributed by atoms with Crippen LogP contribution in [0.5, 0.6) is 0 Å². The maximum Gasteiger partial charge on any atom is 0.418 e. The highest BCUT2D eigenvalue weighted by Gasteiger charge is 2.34. The second-order valence-electron chi connectivity index (χ2n) is 7.87. The molecule has 0 aliphatic carbocycles. The Bertz CT molecular complexity index is 1590. The molecule has 0 unspecified atom stereocenters. The number of alkyl halides is 3. The number of hydrogen-bond donors (Lipinski definition) is 4. The second-order valence-corrected chi connectivity index (χ2v) is 7.87. The van der Waals surface area contributed by atoms with E-state index in [0.29, 0.717) is 17.3 Å². The number of H-pyrrole nitrogens is 1. The summed E-state index contributed by atoms with van der Waals surface area (Å²) in [5, 5.41) is 25.1. The van der Waals surface area contributed by atoms with Gasteiger partial charge in [0.1, 0.15) is 0 Å². The number of benzene rings is 2. The van der Waals surface area contributed by atoms with Crippen molar-refractivity contribution in [1.29, 1.82) is 0 Å². The van der Waals surface area contributed by atoms with Gasteiger partial charge in [-0.3, -0.25) is 4.79 Å². The lowest BCUT2D eigenvalue weighted by Gasteiger charge is -2.16. The third-order valence-corrected chi connectivity index (χ3v) is 5.36. The Morgan fingerprint density at radius 1 is 1.05 bits per heavy atom. The minimum absolute atomic E-state index is 0.0430. The van der Waals surface area contributed by atoms with Crippen LogP contribution in [-0.2, 0) is 12.7 Å². The average molecular weight is 513 g/mol. The van der Waals surface area contributed by atoms with Crippen LogP contribution in [0.25, 0.3) is 16.6 Å². The minimum Gasteiger partial charge on any atom is -0.545 e. The van der Waals surface area contributed by atoms with Crippen LogP contribution in [0, 0.1) is 0 Å². The number of fused-ring (bicyclic) bond motifs is 1. The van der Waals surface area contributed by atoms with Crippen LogP contribution in [0.2, 0.25) is 0 Å². The van der Waals surface area contributed by atoms with E-state index in [0.717, 1.165) is 16.7 Å². The highest BCUT2D eigenvalue weighted by molar-refractivity contribution is 5.93. The molecule has 4 rings (SSSR count). The van der Waals surface area contributed by atoms with Gasteiger partial charge in [-0.05, 0) is 54.1 Å². The lowest BCUT2D eigenvalue weighted by atomic mass is 10.1. The topological polar surface area (TPSA) is 156 Å². The van der Waals surface area contributed by atoms with Crippen LogP contribution >= 0.6 is 0 Å². The third kappa shape index (κ3) is 5.45. The number of nitrogens with zero attached hydrogens (tertiary/aromatic N) is 1. The van der Waals surface area contributed by atoms with Crippen molar-refractivity contribution in [3.8, 4) is 5.69 Å². The number of aromatic amines is 1. The first kappa shape index (κ1) is 25.0. The zero-order valence-electron chi connectivity index (χ0n) is 18.6. The second kappa shape index (κ2) is 9.53. The predicted molar refractivity (Wildman–Crippen MR) is 122 cm³/mol. The van der Waals surface area contributed by atoms with Gasteiger partial charge in [0.2, 0.25) is 0 Å². The normalized spacial score (nSPS) is 11.3. The Hall–Kier alpha value is -5.07. The number of carboxylic acids is 2. The van der Waals surface area contributed by atoms with Crippen LogP contribution in [0.15, 0.2) is 65.7 Å². The van der Waals surface area contributed by atoms with Gasteiger partial charge in [-0.2, -0.15) is 13.2 Å². The summed E-state index contributed by atoms with van der Waals surface area (Å²) in [6.45, 7) is -0.0525. The molecule has 4 N–H and O–H groups in total. The van der Waals surface area contributed by atoms with Crippen LogP contribution in [0.1, 0.15) is 31.8 Å². The van der Waals surface area contributed by atoms with Gasteiger partial charge in [-0.15, -0.1) is 0 Å². The van der Waals surface area contributed by atoms with E-state index in [1.807, 2.05) is 0 Å². The van der Waals surface area contributed by atoms with Crippen molar-refractivity contribution in [2.45, 2.75) is 12.7 Å². The van der Waals surface area contributed by atoms with Crippen LogP contribution in [-0.4, -0.2) is 32.6 Å². The molecule has 0 bridgehead atoms. The lowest BCUT2D eigenvalue weighted by molar-refractivity contribution is -0.255. The first-order valence-electron chi connectivity index (χ1n) is 10.5. The molecule has 0 saturated carbocycles. The third-order valence-electron chi connectivity index (χ3n) is 5.36. The van der Waals surface area contributed by atoms with Gasteiger partial charge in [0.05, 0.1) is 28.3 Å². The number of anilines is 1. The summed E-state index contributed by atoms with van der Waals surface area (Å²) in [6.07, 6.45) is -2.11. The maximum absolute atomic E-state index is 13.8. The fourth-order valence-corrected chi connectivity index (χ4v) is 3.58. The Kier molecular flexibility index (Phi) is 6.45. The molecule has 2 heterocycles. The van der Waals surface area contributed by atoms with Crippen molar-refractivity contribution < 1.29 is 37.8 Å². The average Bonchev–Trinajstić information content (AvgIpc) is 3.30. The van der Waals surface area contributed by atoms with Crippen molar-refractivity contribution in [3.05, 3.63) is 93.5 Å². The number of aromatic carboxylic acids is 2. The molecule has 13 heteroatoms. The summed E-state index contributed by atoms with van der Waals surface area (Å²) in [7, 11) is 0. The van der Waals surface area contributed by atoms with E-state index in [9.17, 15) is 37.5 Å². The standard InChI is InChI=1S/C24H17F3N4O6/c25-24(26,27)17-9-18-14(7-16(22(35)36)20(32)30-18)8-19(17)31-6-5-12(11-31)10-28-23(37)29-15-3-1-13(2-4-15)21(33)34/h1-9,11H,10H2,(H,30,32)(H,33,34)(H,35,36)(H2,28,29,37)/p-1. The summed E-state index contributed by atoms with van der Waals surface area (Å²) in [6, 6.07) is 9.01. The molecule has 0 radical (unpaired) electrons. The van der Waals surface area contributed by atoms with Crippen molar-refractivity contribution in [3.63, 3.8) is 0 Å². The molecule has 37 heavy (non-hydrogen) atoms. The molecule has 0 saturated heterocycles. The number of rotatable bonds is 6. The molecule has 0 fully saturated rings. The number of amides is 2. The Labute approximate surface area is 205 Å². The fraction of sp³-hybridized carbons (Fsp3) is 0.0833. The Balaban J connectivity index is 1.56. The molecule has 4 aromatic rings. The molecule has 2 aromatic heterocycles. The maximum atomic E-state index is 13.8. The summed E-state index contributed by atoms with van der Waals surface area (Å²) in [5.41, 5.74) is -2.59. The van der Waals surface area contributed by atoms with Gasteiger partial charge < -0.3 is 35.2 Å². The number of carboxylic acid groups (broad SMARTS) is 2.